The first kappa shape index (κ1) is 13.2. The van der Waals surface area contributed by atoms with Gasteiger partial charge in [-0.05, 0) is 12.1 Å². The van der Waals surface area contributed by atoms with Crippen molar-refractivity contribution >= 4 is 28.5 Å². The van der Waals surface area contributed by atoms with Crippen molar-refractivity contribution in [1.82, 2.24) is 19.8 Å². The van der Waals surface area contributed by atoms with Crippen molar-refractivity contribution in [3.05, 3.63) is 60.4 Å². The predicted octanol–water partition coefficient (Wildman–Crippen LogP) is 2.43. The van der Waals surface area contributed by atoms with Crippen LogP contribution in [0.3, 0.4) is 0 Å². The maximum Gasteiger partial charge on any atom is 0.185 e. The van der Waals surface area contributed by atoms with E-state index in [0.29, 0.717) is 17.0 Å². The average Bonchev–Trinajstić information content (AvgIpc) is 3.05. The zero-order valence-electron chi connectivity index (χ0n) is 12.0. The van der Waals surface area contributed by atoms with Gasteiger partial charge in [0.2, 0.25) is 0 Å². The molecular weight excluding hydrogens is 292 g/mol. The zero-order chi connectivity index (χ0) is 15.6. The van der Waals surface area contributed by atoms with Crippen LogP contribution in [-0.2, 0) is 0 Å². The van der Waals surface area contributed by atoms with Gasteiger partial charge < -0.3 is 5.11 Å². The largest absolute Gasteiger partial charge is 0.507 e. The number of phenolic OH excluding ortho intramolecular Hbond substituents is 1. The Hall–Kier alpha value is -3.48. The molecule has 7 heteroatoms. The number of fused-ring (bicyclic) bond motifs is 3. The Kier molecular flexibility index (Phi) is 3.09. The van der Waals surface area contributed by atoms with Gasteiger partial charge in [-0.15, -0.1) is 15.3 Å². The van der Waals surface area contributed by atoms with Crippen molar-refractivity contribution in [2.45, 2.75) is 0 Å². The van der Waals surface area contributed by atoms with E-state index in [0.717, 1.165) is 10.8 Å². The van der Waals surface area contributed by atoms with Crippen molar-refractivity contribution in [2.24, 2.45) is 5.10 Å². The molecule has 0 aliphatic heterocycles. The lowest BCUT2D eigenvalue weighted by Crippen LogP contribution is -2.00. The number of benzene rings is 2. The van der Waals surface area contributed by atoms with Crippen molar-refractivity contribution in [3.8, 4) is 5.75 Å². The summed E-state index contributed by atoms with van der Waals surface area (Å²) < 4.78 is 1.60. The third-order valence-electron chi connectivity index (χ3n) is 3.47. The summed E-state index contributed by atoms with van der Waals surface area (Å²) in [6.07, 6.45) is 3.09. The molecule has 0 fully saturated rings. The minimum absolute atomic E-state index is 0.171. The maximum atomic E-state index is 9.74. The zero-order valence-corrected chi connectivity index (χ0v) is 12.0. The highest BCUT2D eigenvalue weighted by atomic mass is 16.3. The first-order valence-corrected chi connectivity index (χ1v) is 6.99. The predicted molar refractivity (Wildman–Crippen MR) is 87.6 cm³/mol. The van der Waals surface area contributed by atoms with Gasteiger partial charge in [-0.25, -0.2) is 0 Å². The number of hydrogen-bond donors (Lipinski definition) is 2. The molecule has 0 atom stereocenters. The van der Waals surface area contributed by atoms with E-state index < -0.39 is 0 Å². The van der Waals surface area contributed by atoms with Gasteiger partial charge in [0.25, 0.3) is 0 Å². The Morgan fingerprint density at radius 2 is 1.83 bits per heavy atom. The minimum Gasteiger partial charge on any atom is -0.507 e. The highest BCUT2D eigenvalue weighted by molar-refractivity contribution is 6.00. The maximum absolute atomic E-state index is 9.74. The molecule has 0 unspecified atom stereocenters. The number of nitrogens with one attached hydrogen (secondary N) is 1. The Balaban J connectivity index is 1.74. The summed E-state index contributed by atoms with van der Waals surface area (Å²) in [5.74, 6) is 0.754. The fourth-order valence-electron chi connectivity index (χ4n) is 2.37. The van der Waals surface area contributed by atoms with Crippen LogP contribution in [0.4, 0.5) is 5.82 Å². The average molecular weight is 304 g/mol. The number of aromatic nitrogens is 4. The van der Waals surface area contributed by atoms with Gasteiger partial charge in [-0.2, -0.15) is 9.62 Å². The first-order chi connectivity index (χ1) is 11.3. The molecule has 112 valence electrons. The molecule has 2 aromatic carbocycles. The summed E-state index contributed by atoms with van der Waals surface area (Å²) in [5.41, 5.74) is 4.23. The lowest BCUT2D eigenvalue weighted by Gasteiger charge is -2.06. The van der Waals surface area contributed by atoms with E-state index >= 15 is 0 Å². The smallest absolute Gasteiger partial charge is 0.185 e. The quantitative estimate of drug-likeness (QED) is 0.448. The molecule has 0 aliphatic carbocycles. The molecule has 4 aromatic rings. The molecule has 4 rings (SSSR count). The number of phenols is 1. The van der Waals surface area contributed by atoms with Gasteiger partial charge in [0.05, 0.1) is 6.21 Å². The van der Waals surface area contributed by atoms with Crippen molar-refractivity contribution in [2.75, 3.05) is 5.43 Å². The minimum atomic E-state index is 0.171. The Bertz CT molecular complexity index is 1020. The van der Waals surface area contributed by atoms with Gasteiger partial charge in [0, 0.05) is 16.3 Å². The number of para-hydroxylation sites is 1. The molecule has 0 saturated heterocycles. The molecule has 2 heterocycles. The summed E-state index contributed by atoms with van der Waals surface area (Å²) in [6.45, 7) is 0. The standard InChI is InChI=1S/C16H12N6O/c23-14-8-4-1-5-11(14)9-17-19-15-12-6-2-3-7-13(12)16-20-18-10-22(16)21-15/h1-10,23H,(H,19,21). The van der Waals surface area contributed by atoms with E-state index in [2.05, 4.69) is 25.8 Å². The third kappa shape index (κ3) is 2.34. The Morgan fingerprint density at radius 1 is 1.04 bits per heavy atom. The van der Waals surface area contributed by atoms with Gasteiger partial charge in [-0.3, -0.25) is 5.43 Å². The number of anilines is 1. The molecule has 2 N–H and O–H groups in total. The van der Waals surface area contributed by atoms with Gasteiger partial charge in [0.1, 0.15) is 12.1 Å². The van der Waals surface area contributed by atoms with E-state index in [1.807, 2.05) is 30.3 Å². The van der Waals surface area contributed by atoms with E-state index in [9.17, 15) is 5.11 Å². The van der Waals surface area contributed by atoms with Crippen LogP contribution in [0.5, 0.6) is 5.75 Å². The molecule has 0 saturated carbocycles. The van der Waals surface area contributed by atoms with Crippen LogP contribution in [0.25, 0.3) is 16.4 Å². The summed E-state index contributed by atoms with van der Waals surface area (Å²) in [6, 6.07) is 14.7. The molecule has 0 spiro atoms. The highest BCUT2D eigenvalue weighted by Crippen LogP contribution is 2.23. The number of rotatable bonds is 3. The van der Waals surface area contributed by atoms with Crippen LogP contribution in [0.1, 0.15) is 5.56 Å². The fourth-order valence-corrected chi connectivity index (χ4v) is 2.37. The third-order valence-corrected chi connectivity index (χ3v) is 3.47. The molecule has 0 aliphatic rings. The molecule has 2 aromatic heterocycles. The van der Waals surface area contributed by atoms with E-state index in [1.54, 1.807) is 35.3 Å². The molecule has 0 amide bonds. The Labute approximate surface area is 130 Å². The van der Waals surface area contributed by atoms with Crippen LogP contribution in [0, 0.1) is 0 Å². The SMILES string of the molecule is Oc1ccccc1C=NNc1nn2cnnc2c2ccccc12. The second-order valence-electron chi connectivity index (χ2n) is 4.92. The first-order valence-electron chi connectivity index (χ1n) is 6.99. The summed E-state index contributed by atoms with van der Waals surface area (Å²) in [4.78, 5) is 0. The molecule has 0 bridgehead atoms. The van der Waals surface area contributed by atoms with Crippen molar-refractivity contribution in [3.63, 3.8) is 0 Å². The number of hydrogen-bond acceptors (Lipinski definition) is 6. The normalized spacial score (nSPS) is 11.5. The second kappa shape index (κ2) is 5.38. The van der Waals surface area contributed by atoms with Gasteiger partial charge in [-0.1, -0.05) is 36.4 Å². The van der Waals surface area contributed by atoms with Gasteiger partial charge >= 0.3 is 0 Å². The van der Waals surface area contributed by atoms with E-state index in [-0.39, 0.29) is 5.75 Å². The van der Waals surface area contributed by atoms with Crippen LogP contribution in [0.15, 0.2) is 60.0 Å². The van der Waals surface area contributed by atoms with Crippen LogP contribution in [0.2, 0.25) is 0 Å². The summed E-state index contributed by atoms with van der Waals surface area (Å²) in [5, 5.41) is 28.1. The number of aromatic hydroxyl groups is 1. The topological polar surface area (TPSA) is 87.7 Å². The number of nitrogens with zero attached hydrogens (tertiary/aromatic N) is 5. The fraction of sp³-hybridized carbons (Fsp3) is 0. The summed E-state index contributed by atoms with van der Waals surface area (Å²) >= 11 is 0. The number of hydrazone groups is 1. The molecular formula is C16H12N6O. The van der Waals surface area contributed by atoms with Crippen LogP contribution >= 0.6 is 0 Å². The highest BCUT2D eigenvalue weighted by Gasteiger charge is 2.08. The van der Waals surface area contributed by atoms with E-state index in [4.69, 9.17) is 0 Å². The van der Waals surface area contributed by atoms with Crippen molar-refractivity contribution in [1.29, 1.82) is 0 Å². The lowest BCUT2D eigenvalue weighted by atomic mass is 10.2. The van der Waals surface area contributed by atoms with Crippen LogP contribution < -0.4 is 5.43 Å². The second-order valence-corrected chi connectivity index (χ2v) is 4.92. The van der Waals surface area contributed by atoms with Gasteiger partial charge in [0.15, 0.2) is 11.5 Å². The monoisotopic (exact) mass is 304 g/mol. The van der Waals surface area contributed by atoms with Crippen molar-refractivity contribution < 1.29 is 5.11 Å². The van der Waals surface area contributed by atoms with E-state index in [1.165, 1.54) is 0 Å². The molecule has 7 nitrogen and oxygen atoms in total. The molecule has 23 heavy (non-hydrogen) atoms. The van der Waals surface area contributed by atoms with Crippen LogP contribution in [-0.4, -0.2) is 31.1 Å². The Morgan fingerprint density at radius 3 is 2.70 bits per heavy atom. The molecule has 0 radical (unpaired) electrons. The summed E-state index contributed by atoms with van der Waals surface area (Å²) in [7, 11) is 0. The lowest BCUT2D eigenvalue weighted by molar-refractivity contribution is 0.474.